The van der Waals surface area contributed by atoms with E-state index in [2.05, 4.69) is 19.2 Å². The fourth-order valence-corrected chi connectivity index (χ4v) is 2.03. The van der Waals surface area contributed by atoms with Gasteiger partial charge in [0.05, 0.1) is 5.69 Å². The second-order valence-electron chi connectivity index (χ2n) is 3.34. The zero-order chi connectivity index (χ0) is 10.6. The van der Waals surface area contributed by atoms with Gasteiger partial charge < -0.3 is 5.32 Å². The maximum Gasteiger partial charge on any atom is 0.221 e. The normalized spacial score (nSPS) is 10.3. The number of carbonyl (C=O) groups excluding carboxylic acids is 1. The molecule has 1 rings (SSSR count). The van der Waals surface area contributed by atoms with Gasteiger partial charge in [-0.15, -0.1) is 11.8 Å². The Morgan fingerprint density at radius 3 is 2.57 bits per heavy atom. The second-order valence-corrected chi connectivity index (χ2v) is 4.96. The topological polar surface area (TPSA) is 29.1 Å². The summed E-state index contributed by atoms with van der Waals surface area (Å²) in [6, 6.07) is 7.85. The highest BCUT2D eigenvalue weighted by Crippen LogP contribution is 2.29. The van der Waals surface area contributed by atoms with Crippen molar-refractivity contribution in [2.24, 2.45) is 0 Å². The summed E-state index contributed by atoms with van der Waals surface area (Å²) in [5.41, 5.74) is 0.902. The monoisotopic (exact) mass is 209 g/mol. The smallest absolute Gasteiger partial charge is 0.221 e. The summed E-state index contributed by atoms with van der Waals surface area (Å²) in [4.78, 5) is 12.1. The summed E-state index contributed by atoms with van der Waals surface area (Å²) >= 11 is 1.75. The molecule has 0 fully saturated rings. The van der Waals surface area contributed by atoms with E-state index >= 15 is 0 Å². The summed E-state index contributed by atoms with van der Waals surface area (Å²) in [5, 5.41) is 3.34. The van der Waals surface area contributed by atoms with Gasteiger partial charge in [0.1, 0.15) is 0 Å². The Kier molecular flexibility index (Phi) is 4.01. The van der Waals surface area contributed by atoms with Crippen LogP contribution < -0.4 is 5.32 Å². The number of anilines is 1. The van der Waals surface area contributed by atoms with Crippen LogP contribution in [0.25, 0.3) is 0 Å². The predicted molar refractivity (Wildman–Crippen MR) is 61.7 cm³/mol. The van der Waals surface area contributed by atoms with E-state index in [1.54, 1.807) is 11.8 Å². The maximum absolute atomic E-state index is 10.9. The van der Waals surface area contributed by atoms with Gasteiger partial charge in [-0.05, 0) is 12.1 Å². The second kappa shape index (κ2) is 5.05. The van der Waals surface area contributed by atoms with Gasteiger partial charge in [0, 0.05) is 17.1 Å². The molecule has 0 spiro atoms. The fraction of sp³-hybridized carbons (Fsp3) is 0.364. The van der Waals surface area contributed by atoms with Crippen LogP contribution in [0.1, 0.15) is 20.8 Å². The molecule has 0 saturated heterocycles. The van der Waals surface area contributed by atoms with Crippen molar-refractivity contribution in [1.29, 1.82) is 0 Å². The molecule has 1 N–H and O–H groups in total. The Morgan fingerprint density at radius 1 is 1.36 bits per heavy atom. The standard InChI is InChI=1S/C11H15NOS/c1-8(2)14-11-7-5-4-6-10(11)12-9(3)13/h4-8H,1-3H3,(H,12,13). The highest BCUT2D eigenvalue weighted by molar-refractivity contribution is 8.00. The number of amides is 1. The quantitative estimate of drug-likeness (QED) is 0.775. The van der Waals surface area contributed by atoms with Crippen LogP contribution >= 0.6 is 11.8 Å². The molecule has 0 heterocycles. The van der Waals surface area contributed by atoms with E-state index in [9.17, 15) is 4.79 Å². The minimum Gasteiger partial charge on any atom is -0.325 e. The van der Waals surface area contributed by atoms with Crippen LogP contribution in [-0.4, -0.2) is 11.2 Å². The molecule has 0 aromatic heterocycles. The van der Waals surface area contributed by atoms with Crippen molar-refractivity contribution in [3.8, 4) is 0 Å². The highest BCUT2D eigenvalue weighted by atomic mass is 32.2. The van der Waals surface area contributed by atoms with Gasteiger partial charge in [0.15, 0.2) is 0 Å². The number of nitrogens with one attached hydrogen (secondary N) is 1. The maximum atomic E-state index is 10.9. The first-order valence-corrected chi connectivity index (χ1v) is 5.51. The van der Waals surface area contributed by atoms with E-state index in [4.69, 9.17) is 0 Å². The Labute approximate surface area is 89.1 Å². The van der Waals surface area contributed by atoms with Crippen LogP contribution in [0.4, 0.5) is 5.69 Å². The van der Waals surface area contributed by atoms with Gasteiger partial charge in [-0.3, -0.25) is 4.79 Å². The van der Waals surface area contributed by atoms with Gasteiger partial charge in [0.2, 0.25) is 5.91 Å². The van der Waals surface area contributed by atoms with Crippen LogP contribution in [0.3, 0.4) is 0 Å². The minimum absolute atomic E-state index is 0.0261. The van der Waals surface area contributed by atoms with E-state index in [0.717, 1.165) is 10.6 Å². The van der Waals surface area contributed by atoms with E-state index in [1.165, 1.54) is 6.92 Å². The third-order valence-electron chi connectivity index (χ3n) is 1.56. The summed E-state index contributed by atoms with van der Waals surface area (Å²) in [5.74, 6) is -0.0261. The molecule has 0 unspecified atom stereocenters. The summed E-state index contributed by atoms with van der Waals surface area (Å²) in [6.07, 6.45) is 0. The molecular formula is C11H15NOS. The van der Waals surface area contributed by atoms with Gasteiger partial charge in [0.25, 0.3) is 0 Å². The molecule has 0 atom stereocenters. The van der Waals surface area contributed by atoms with Crippen molar-refractivity contribution in [2.75, 3.05) is 5.32 Å². The lowest BCUT2D eigenvalue weighted by molar-refractivity contribution is -0.114. The van der Waals surface area contributed by atoms with Crippen molar-refractivity contribution in [1.82, 2.24) is 0 Å². The zero-order valence-electron chi connectivity index (χ0n) is 8.70. The minimum atomic E-state index is -0.0261. The number of para-hydroxylation sites is 1. The summed E-state index contributed by atoms with van der Waals surface area (Å²) in [6.45, 7) is 5.79. The van der Waals surface area contributed by atoms with Crippen molar-refractivity contribution in [2.45, 2.75) is 30.9 Å². The molecule has 0 aliphatic carbocycles. The zero-order valence-corrected chi connectivity index (χ0v) is 9.52. The van der Waals surface area contributed by atoms with Crippen molar-refractivity contribution in [3.63, 3.8) is 0 Å². The first-order chi connectivity index (χ1) is 6.59. The molecular weight excluding hydrogens is 194 g/mol. The summed E-state index contributed by atoms with van der Waals surface area (Å²) in [7, 11) is 0. The number of hydrogen-bond acceptors (Lipinski definition) is 2. The Morgan fingerprint density at radius 2 is 2.00 bits per heavy atom. The van der Waals surface area contributed by atoms with E-state index in [-0.39, 0.29) is 5.91 Å². The first kappa shape index (κ1) is 11.1. The Balaban J connectivity index is 2.85. The molecule has 0 bridgehead atoms. The lowest BCUT2D eigenvalue weighted by Gasteiger charge is -2.10. The van der Waals surface area contributed by atoms with Crippen LogP contribution in [0.2, 0.25) is 0 Å². The average Bonchev–Trinajstić information content (AvgIpc) is 2.06. The molecule has 14 heavy (non-hydrogen) atoms. The number of rotatable bonds is 3. The third kappa shape index (κ3) is 3.42. The lowest BCUT2D eigenvalue weighted by Crippen LogP contribution is -2.06. The van der Waals surface area contributed by atoms with Gasteiger partial charge in [-0.25, -0.2) is 0 Å². The molecule has 1 amide bonds. The van der Waals surface area contributed by atoms with E-state index in [0.29, 0.717) is 5.25 Å². The number of thioether (sulfide) groups is 1. The molecule has 76 valence electrons. The molecule has 2 nitrogen and oxygen atoms in total. The SMILES string of the molecule is CC(=O)Nc1ccccc1SC(C)C. The van der Waals surface area contributed by atoms with Crippen LogP contribution in [0, 0.1) is 0 Å². The molecule has 3 heteroatoms. The molecule has 0 radical (unpaired) electrons. The summed E-state index contributed by atoms with van der Waals surface area (Å²) < 4.78 is 0. The molecule has 1 aromatic rings. The number of carbonyl (C=O) groups is 1. The van der Waals surface area contributed by atoms with Gasteiger partial charge in [-0.2, -0.15) is 0 Å². The van der Waals surface area contributed by atoms with Crippen LogP contribution in [0.15, 0.2) is 29.2 Å². The number of hydrogen-bond donors (Lipinski definition) is 1. The van der Waals surface area contributed by atoms with Crippen molar-refractivity contribution < 1.29 is 4.79 Å². The van der Waals surface area contributed by atoms with Crippen molar-refractivity contribution in [3.05, 3.63) is 24.3 Å². The molecule has 0 saturated carbocycles. The van der Waals surface area contributed by atoms with Gasteiger partial charge >= 0.3 is 0 Å². The third-order valence-corrected chi connectivity index (χ3v) is 2.64. The average molecular weight is 209 g/mol. The van der Waals surface area contributed by atoms with E-state index in [1.807, 2.05) is 24.3 Å². The van der Waals surface area contributed by atoms with Crippen LogP contribution in [0.5, 0.6) is 0 Å². The predicted octanol–water partition coefficient (Wildman–Crippen LogP) is 3.15. The van der Waals surface area contributed by atoms with Gasteiger partial charge in [-0.1, -0.05) is 26.0 Å². The molecule has 1 aromatic carbocycles. The first-order valence-electron chi connectivity index (χ1n) is 4.63. The fourth-order valence-electron chi connectivity index (χ4n) is 1.12. The Hall–Kier alpha value is -0.960. The van der Waals surface area contributed by atoms with Crippen molar-refractivity contribution >= 4 is 23.4 Å². The Bertz CT molecular complexity index is 323. The molecule has 0 aliphatic rings. The lowest BCUT2D eigenvalue weighted by atomic mass is 10.3. The molecule has 0 aliphatic heterocycles. The highest BCUT2D eigenvalue weighted by Gasteiger charge is 2.05. The van der Waals surface area contributed by atoms with E-state index < -0.39 is 0 Å². The largest absolute Gasteiger partial charge is 0.325 e. The number of benzene rings is 1. The van der Waals surface area contributed by atoms with Crippen LogP contribution in [-0.2, 0) is 4.79 Å².